The Bertz CT molecular complexity index is 642. The summed E-state index contributed by atoms with van der Waals surface area (Å²) in [6, 6.07) is -3.36. The molecule has 3 atom stereocenters. The summed E-state index contributed by atoms with van der Waals surface area (Å²) in [4.78, 5) is 35.4. The van der Waals surface area contributed by atoms with E-state index in [2.05, 4.69) is 19.1 Å². The Morgan fingerprint density at radius 3 is 1.10 bits per heavy atom. The van der Waals surface area contributed by atoms with Crippen LogP contribution in [-0.2, 0) is 14.4 Å². The second-order valence-electron chi connectivity index (χ2n) is 11.5. The van der Waals surface area contributed by atoms with Gasteiger partial charge in [-0.15, -0.1) is 0 Å². The number of rotatable bonds is 27. The Kier molecular flexibility index (Phi) is 21.8. The molecule has 0 aliphatic rings. The molecular formula is C32H60NO6+. The van der Waals surface area contributed by atoms with E-state index in [1.165, 1.54) is 117 Å². The highest BCUT2D eigenvalue weighted by Crippen LogP contribution is 2.27. The molecule has 0 fully saturated rings. The van der Waals surface area contributed by atoms with Gasteiger partial charge in [-0.3, -0.25) is 4.48 Å². The van der Waals surface area contributed by atoms with Crippen LogP contribution in [0.3, 0.4) is 0 Å². The molecule has 7 nitrogen and oxygen atoms in total. The van der Waals surface area contributed by atoms with Crippen molar-refractivity contribution in [2.24, 2.45) is 0 Å². The Balaban J connectivity index is 4.02. The lowest BCUT2D eigenvalue weighted by atomic mass is 10.00. The second-order valence-corrected chi connectivity index (χ2v) is 11.5. The lowest BCUT2D eigenvalue weighted by Crippen LogP contribution is -2.70. The minimum atomic E-state index is -1.17. The molecule has 0 saturated heterocycles. The van der Waals surface area contributed by atoms with E-state index in [1.54, 1.807) is 0 Å². The van der Waals surface area contributed by atoms with E-state index in [0.29, 0.717) is 6.42 Å². The molecule has 0 saturated carbocycles. The molecule has 0 aromatic rings. The van der Waals surface area contributed by atoms with Crippen molar-refractivity contribution in [1.82, 2.24) is 0 Å². The van der Waals surface area contributed by atoms with Crippen molar-refractivity contribution in [1.29, 1.82) is 0 Å². The third kappa shape index (κ3) is 15.5. The van der Waals surface area contributed by atoms with Crippen molar-refractivity contribution in [3.05, 3.63) is 12.2 Å². The molecule has 228 valence electrons. The Morgan fingerprint density at radius 2 is 0.795 bits per heavy atom. The quantitative estimate of drug-likeness (QED) is 0.0536. The van der Waals surface area contributed by atoms with Gasteiger partial charge >= 0.3 is 17.9 Å². The van der Waals surface area contributed by atoms with Crippen LogP contribution >= 0.6 is 0 Å². The predicted octanol–water partition coefficient (Wildman–Crippen LogP) is 8.21. The monoisotopic (exact) mass is 554 g/mol. The van der Waals surface area contributed by atoms with Crippen molar-refractivity contribution in [2.45, 2.75) is 168 Å². The van der Waals surface area contributed by atoms with Gasteiger partial charge in [-0.1, -0.05) is 103 Å². The van der Waals surface area contributed by atoms with Crippen LogP contribution in [0.15, 0.2) is 12.2 Å². The number of carboxylic acids is 3. The highest BCUT2D eigenvalue weighted by molar-refractivity contribution is 5.77. The summed E-state index contributed by atoms with van der Waals surface area (Å²) in [6.45, 7) is 6.76. The number of quaternary nitrogens is 1. The molecule has 0 spiro atoms. The summed E-state index contributed by atoms with van der Waals surface area (Å²) < 4.78 is -0.476. The first-order chi connectivity index (χ1) is 18.6. The molecule has 0 aliphatic heterocycles. The van der Waals surface area contributed by atoms with Crippen molar-refractivity contribution < 1.29 is 34.2 Å². The first-order valence-electron chi connectivity index (χ1n) is 15.8. The first-order valence-corrected chi connectivity index (χ1v) is 15.8. The summed E-state index contributed by atoms with van der Waals surface area (Å²) >= 11 is 0. The molecule has 7 heteroatoms. The van der Waals surface area contributed by atoms with Gasteiger partial charge in [0.25, 0.3) is 0 Å². The molecule has 3 unspecified atom stereocenters. The minimum Gasteiger partial charge on any atom is -0.477 e. The zero-order valence-electron chi connectivity index (χ0n) is 25.5. The van der Waals surface area contributed by atoms with Crippen LogP contribution in [0.5, 0.6) is 0 Å². The summed E-state index contributed by atoms with van der Waals surface area (Å²) in [5.41, 5.74) is 0. The first kappa shape index (κ1) is 37.1. The van der Waals surface area contributed by atoms with Crippen LogP contribution in [0.25, 0.3) is 0 Å². The Morgan fingerprint density at radius 1 is 0.513 bits per heavy atom. The maximum Gasteiger partial charge on any atom is 0.362 e. The molecule has 3 N–H and O–H groups in total. The third-order valence-corrected chi connectivity index (χ3v) is 8.54. The number of hydrogen-bond donors (Lipinski definition) is 3. The van der Waals surface area contributed by atoms with Gasteiger partial charge in [0.05, 0.1) is 6.54 Å². The molecule has 0 aliphatic carbocycles. The van der Waals surface area contributed by atoms with Crippen LogP contribution in [-0.4, -0.2) is 62.4 Å². The van der Waals surface area contributed by atoms with Gasteiger partial charge in [-0.2, -0.15) is 0 Å². The highest BCUT2D eigenvalue weighted by Gasteiger charge is 2.52. The number of allylic oxidation sites excluding steroid dienone is 2. The van der Waals surface area contributed by atoms with E-state index < -0.39 is 40.5 Å². The number of nitrogens with zero attached hydrogens (tertiary/aromatic N) is 1. The van der Waals surface area contributed by atoms with Crippen LogP contribution in [0.2, 0.25) is 0 Å². The maximum atomic E-state index is 11.8. The van der Waals surface area contributed by atoms with Crippen LogP contribution < -0.4 is 0 Å². The largest absolute Gasteiger partial charge is 0.477 e. The van der Waals surface area contributed by atoms with Crippen LogP contribution in [0.1, 0.15) is 150 Å². The topological polar surface area (TPSA) is 112 Å². The summed E-state index contributed by atoms with van der Waals surface area (Å²) in [6.07, 6.45) is 27.7. The average molecular weight is 555 g/mol. The van der Waals surface area contributed by atoms with Gasteiger partial charge in [0.2, 0.25) is 0 Å². The third-order valence-electron chi connectivity index (χ3n) is 8.54. The molecule has 39 heavy (non-hydrogen) atoms. The number of hydrogen-bond acceptors (Lipinski definition) is 3. The van der Waals surface area contributed by atoms with Gasteiger partial charge < -0.3 is 15.3 Å². The Hall–Kier alpha value is -1.89. The molecular weight excluding hydrogens is 494 g/mol. The maximum absolute atomic E-state index is 11.8. The van der Waals surface area contributed by atoms with E-state index in [9.17, 15) is 29.7 Å². The minimum absolute atomic E-state index is 0.226. The SMILES string of the molecule is CCCCCC/C=C/CCCCCCCCCCCCCCC[N+](C(C)C(=O)O)(C(C)C(=O)O)C(C)C(=O)O. The van der Waals surface area contributed by atoms with Gasteiger partial charge in [-0.05, 0) is 59.3 Å². The fourth-order valence-electron chi connectivity index (χ4n) is 5.72. The van der Waals surface area contributed by atoms with Crippen molar-refractivity contribution >= 4 is 17.9 Å². The number of unbranched alkanes of at least 4 members (excludes halogenated alkanes) is 17. The number of carboxylic acid groups (broad SMARTS) is 3. The molecule has 0 radical (unpaired) electrons. The molecule has 0 amide bonds. The zero-order valence-corrected chi connectivity index (χ0v) is 25.5. The van der Waals surface area contributed by atoms with Crippen LogP contribution in [0.4, 0.5) is 0 Å². The van der Waals surface area contributed by atoms with Crippen molar-refractivity contribution in [3.63, 3.8) is 0 Å². The van der Waals surface area contributed by atoms with E-state index in [0.717, 1.165) is 19.3 Å². The average Bonchev–Trinajstić information content (AvgIpc) is 2.90. The molecule has 0 aromatic heterocycles. The van der Waals surface area contributed by atoms with Gasteiger partial charge in [0, 0.05) is 0 Å². The van der Waals surface area contributed by atoms with Crippen molar-refractivity contribution in [2.75, 3.05) is 6.54 Å². The van der Waals surface area contributed by atoms with E-state index in [1.807, 2.05) is 0 Å². The van der Waals surface area contributed by atoms with Crippen molar-refractivity contribution in [3.8, 4) is 0 Å². The number of aliphatic carboxylic acids is 3. The van der Waals surface area contributed by atoms with E-state index >= 15 is 0 Å². The molecule has 0 aromatic carbocycles. The van der Waals surface area contributed by atoms with Gasteiger partial charge in [0.1, 0.15) is 0 Å². The fraction of sp³-hybridized carbons (Fsp3) is 0.844. The van der Waals surface area contributed by atoms with E-state index in [4.69, 9.17) is 0 Å². The lowest BCUT2D eigenvalue weighted by molar-refractivity contribution is -0.968. The molecule has 0 bridgehead atoms. The van der Waals surface area contributed by atoms with Crippen LogP contribution in [0, 0.1) is 0 Å². The van der Waals surface area contributed by atoms with E-state index in [-0.39, 0.29) is 6.54 Å². The van der Waals surface area contributed by atoms with Gasteiger partial charge in [-0.25, -0.2) is 14.4 Å². The summed E-state index contributed by atoms with van der Waals surface area (Å²) in [5, 5.41) is 28.9. The summed E-state index contributed by atoms with van der Waals surface area (Å²) in [7, 11) is 0. The predicted molar refractivity (Wildman–Crippen MR) is 159 cm³/mol. The molecule has 0 rings (SSSR count). The standard InChI is InChI=1S/C32H59NO6/c1-5-6-7-8-9-10-11-12-13-14-15-16-17-18-19-20-21-22-23-24-25-26-33(27(2)30(34)35,28(3)31(36)37)29(4)32(38)39/h10-11,27-29H,5-9,12-26H2,1-4H3,(H2-,34,35,36,37,38,39)/p+1/b11-10+. The fourth-order valence-corrected chi connectivity index (χ4v) is 5.72. The molecule has 0 heterocycles. The second kappa shape index (κ2) is 22.9. The highest BCUT2D eigenvalue weighted by atomic mass is 16.4. The lowest BCUT2D eigenvalue weighted by Gasteiger charge is -2.47. The zero-order chi connectivity index (χ0) is 29.5. The smallest absolute Gasteiger partial charge is 0.362 e. The normalized spacial score (nSPS) is 15.6. The number of carbonyl (C=O) groups is 3. The van der Waals surface area contributed by atoms with Gasteiger partial charge in [0.15, 0.2) is 18.1 Å². The summed E-state index contributed by atoms with van der Waals surface area (Å²) in [5.74, 6) is -3.51. The Labute approximate surface area is 238 Å².